The van der Waals surface area contributed by atoms with E-state index in [0.717, 1.165) is 30.2 Å². The second-order valence-corrected chi connectivity index (χ2v) is 4.33. The molecule has 0 aromatic carbocycles. The van der Waals surface area contributed by atoms with Gasteiger partial charge in [-0.05, 0) is 20.3 Å². The molecule has 5 heteroatoms. The average Bonchev–Trinajstić information content (AvgIpc) is 2.26. The molecule has 0 aliphatic rings. The summed E-state index contributed by atoms with van der Waals surface area (Å²) in [5, 5.41) is 12.7. The van der Waals surface area contributed by atoms with Crippen LogP contribution in [0.25, 0.3) is 0 Å². The zero-order valence-electron chi connectivity index (χ0n) is 11.1. The number of likely N-dealkylation sites (N-methyl/N-ethyl adjacent to an activating group) is 1. The molecule has 1 heterocycles. The van der Waals surface area contributed by atoms with Gasteiger partial charge in [0.1, 0.15) is 18.0 Å². The molecular weight excluding hydrogens is 216 g/mol. The maximum Gasteiger partial charge on any atom is 0.136 e. The minimum Gasteiger partial charge on any atom is -0.392 e. The van der Waals surface area contributed by atoms with Crippen LogP contribution < -0.4 is 10.2 Å². The fraction of sp³-hybridized carbons (Fsp3) is 0.667. The van der Waals surface area contributed by atoms with Crippen LogP contribution >= 0.6 is 0 Å². The predicted octanol–water partition coefficient (Wildman–Crippen LogP) is 1.42. The average molecular weight is 238 g/mol. The molecule has 1 unspecified atom stereocenters. The number of hydrogen-bond donors (Lipinski definition) is 2. The summed E-state index contributed by atoms with van der Waals surface area (Å²) in [4.78, 5) is 10.4. The van der Waals surface area contributed by atoms with Crippen molar-refractivity contribution < 1.29 is 5.11 Å². The Hall–Kier alpha value is -1.36. The van der Waals surface area contributed by atoms with E-state index in [1.807, 2.05) is 18.9 Å². The zero-order chi connectivity index (χ0) is 12.8. The Kier molecular flexibility index (Phi) is 5.15. The lowest BCUT2D eigenvalue weighted by molar-refractivity contribution is 0.201. The Morgan fingerprint density at radius 2 is 2.18 bits per heavy atom. The van der Waals surface area contributed by atoms with Crippen molar-refractivity contribution in [2.45, 2.75) is 33.3 Å². The molecule has 5 nitrogen and oxygen atoms in total. The van der Waals surface area contributed by atoms with Crippen LogP contribution in [0.3, 0.4) is 0 Å². The third kappa shape index (κ3) is 3.85. The highest BCUT2D eigenvalue weighted by molar-refractivity contribution is 5.57. The van der Waals surface area contributed by atoms with Gasteiger partial charge in [-0.1, -0.05) is 6.92 Å². The maximum atomic E-state index is 9.39. The van der Waals surface area contributed by atoms with Crippen LogP contribution in [0, 0.1) is 6.92 Å². The molecule has 0 radical (unpaired) electrons. The maximum absolute atomic E-state index is 9.39. The first-order valence-corrected chi connectivity index (χ1v) is 6.01. The first kappa shape index (κ1) is 13.7. The van der Waals surface area contributed by atoms with E-state index in [9.17, 15) is 5.11 Å². The van der Waals surface area contributed by atoms with Crippen LogP contribution in [0.4, 0.5) is 11.6 Å². The van der Waals surface area contributed by atoms with Crippen molar-refractivity contribution >= 4 is 11.6 Å². The van der Waals surface area contributed by atoms with E-state index in [1.54, 1.807) is 13.3 Å². The van der Waals surface area contributed by atoms with Crippen LogP contribution in [0.5, 0.6) is 0 Å². The highest BCUT2D eigenvalue weighted by Gasteiger charge is 2.12. The molecule has 1 aromatic heterocycles. The lowest BCUT2D eigenvalue weighted by Crippen LogP contribution is -2.28. The van der Waals surface area contributed by atoms with Gasteiger partial charge in [-0.25, -0.2) is 9.97 Å². The number of aliphatic hydroxyl groups is 1. The normalized spacial score (nSPS) is 12.3. The third-order valence-corrected chi connectivity index (χ3v) is 2.50. The van der Waals surface area contributed by atoms with Gasteiger partial charge in [0, 0.05) is 25.7 Å². The minimum atomic E-state index is -0.374. The molecule has 1 aromatic rings. The second-order valence-electron chi connectivity index (χ2n) is 4.33. The first-order valence-electron chi connectivity index (χ1n) is 6.01. The van der Waals surface area contributed by atoms with Gasteiger partial charge < -0.3 is 15.3 Å². The van der Waals surface area contributed by atoms with Gasteiger partial charge in [0.05, 0.1) is 6.10 Å². The molecule has 0 amide bonds. The van der Waals surface area contributed by atoms with Gasteiger partial charge in [-0.3, -0.25) is 0 Å². The van der Waals surface area contributed by atoms with Gasteiger partial charge >= 0.3 is 0 Å². The summed E-state index contributed by atoms with van der Waals surface area (Å²) in [6.45, 7) is 7.33. The monoisotopic (exact) mass is 238 g/mol. The lowest BCUT2D eigenvalue weighted by atomic mass is 10.2. The lowest BCUT2D eigenvalue weighted by Gasteiger charge is -2.22. The topological polar surface area (TPSA) is 61.3 Å². The summed E-state index contributed by atoms with van der Waals surface area (Å²) >= 11 is 0. The minimum absolute atomic E-state index is 0.374. The van der Waals surface area contributed by atoms with Crippen molar-refractivity contribution in [1.29, 1.82) is 0 Å². The number of anilines is 2. The Morgan fingerprint density at radius 3 is 2.76 bits per heavy atom. The Bertz CT molecular complexity index is 354. The molecule has 0 spiro atoms. The highest BCUT2D eigenvalue weighted by atomic mass is 16.3. The third-order valence-electron chi connectivity index (χ3n) is 2.50. The van der Waals surface area contributed by atoms with E-state index in [0.29, 0.717) is 6.54 Å². The summed E-state index contributed by atoms with van der Waals surface area (Å²) in [5.74, 6) is 1.73. The van der Waals surface area contributed by atoms with E-state index in [2.05, 4.69) is 22.2 Å². The predicted molar refractivity (Wildman–Crippen MR) is 70.5 cm³/mol. The van der Waals surface area contributed by atoms with Gasteiger partial charge in [0.15, 0.2) is 0 Å². The van der Waals surface area contributed by atoms with Crippen molar-refractivity contribution in [2.75, 3.05) is 30.4 Å². The van der Waals surface area contributed by atoms with Gasteiger partial charge in [0.2, 0.25) is 0 Å². The fourth-order valence-corrected chi connectivity index (χ4v) is 1.73. The largest absolute Gasteiger partial charge is 0.392 e. The van der Waals surface area contributed by atoms with Crippen molar-refractivity contribution in [3.05, 3.63) is 11.9 Å². The molecule has 17 heavy (non-hydrogen) atoms. The van der Waals surface area contributed by atoms with Crippen LogP contribution in [-0.2, 0) is 0 Å². The van der Waals surface area contributed by atoms with Crippen LogP contribution in [0.15, 0.2) is 6.33 Å². The van der Waals surface area contributed by atoms with Crippen molar-refractivity contribution in [2.24, 2.45) is 0 Å². The molecule has 1 atom stereocenters. The van der Waals surface area contributed by atoms with Gasteiger partial charge in [-0.15, -0.1) is 0 Å². The Morgan fingerprint density at radius 1 is 1.47 bits per heavy atom. The molecule has 0 aliphatic heterocycles. The zero-order valence-corrected chi connectivity index (χ0v) is 11.1. The number of aromatic nitrogens is 2. The summed E-state index contributed by atoms with van der Waals surface area (Å²) in [6, 6.07) is 0. The molecular formula is C12H22N4O. The smallest absolute Gasteiger partial charge is 0.136 e. The van der Waals surface area contributed by atoms with Crippen LogP contribution in [0.1, 0.15) is 25.8 Å². The van der Waals surface area contributed by atoms with Crippen molar-refractivity contribution in [1.82, 2.24) is 9.97 Å². The van der Waals surface area contributed by atoms with E-state index < -0.39 is 0 Å². The second kappa shape index (κ2) is 6.39. The Balaban J connectivity index is 2.85. The van der Waals surface area contributed by atoms with E-state index in [1.165, 1.54) is 0 Å². The molecule has 0 saturated heterocycles. The number of hydrogen-bond acceptors (Lipinski definition) is 5. The van der Waals surface area contributed by atoms with Crippen molar-refractivity contribution in [3.8, 4) is 0 Å². The molecule has 0 bridgehead atoms. The van der Waals surface area contributed by atoms with E-state index >= 15 is 0 Å². The van der Waals surface area contributed by atoms with Crippen molar-refractivity contribution in [3.63, 3.8) is 0 Å². The quantitative estimate of drug-likeness (QED) is 0.785. The summed E-state index contributed by atoms with van der Waals surface area (Å²) in [7, 11) is 1.92. The van der Waals surface area contributed by atoms with Crippen LogP contribution in [-0.4, -0.2) is 41.3 Å². The van der Waals surface area contributed by atoms with Gasteiger partial charge in [-0.2, -0.15) is 0 Å². The molecule has 1 rings (SSSR count). The number of nitrogens with zero attached hydrogens (tertiary/aromatic N) is 3. The Labute approximate surface area is 103 Å². The molecule has 2 N–H and O–H groups in total. The standard InChI is InChI=1S/C12H22N4O/c1-5-6-13-11-10(3)12(15-8-14-11)16(4)7-9(2)17/h8-9,17H,5-7H2,1-4H3,(H,13,14,15). The fourth-order valence-electron chi connectivity index (χ4n) is 1.73. The highest BCUT2D eigenvalue weighted by Crippen LogP contribution is 2.21. The summed E-state index contributed by atoms with van der Waals surface area (Å²) < 4.78 is 0. The molecule has 0 aliphatic carbocycles. The first-order chi connectivity index (χ1) is 8.06. The molecule has 96 valence electrons. The summed E-state index contributed by atoms with van der Waals surface area (Å²) in [5.41, 5.74) is 1.02. The number of rotatable bonds is 6. The van der Waals surface area contributed by atoms with Gasteiger partial charge in [0.25, 0.3) is 0 Å². The van der Waals surface area contributed by atoms with Crippen LogP contribution in [0.2, 0.25) is 0 Å². The van der Waals surface area contributed by atoms with E-state index in [4.69, 9.17) is 0 Å². The number of aliphatic hydroxyl groups excluding tert-OH is 1. The number of nitrogens with one attached hydrogen (secondary N) is 1. The summed E-state index contributed by atoms with van der Waals surface area (Å²) in [6.07, 6.45) is 2.24. The molecule has 0 saturated carbocycles. The van der Waals surface area contributed by atoms with E-state index in [-0.39, 0.29) is 6.10 Å². The molecule has 0 fully saturated rings. The SMILES string of the molecule is CCCNc1ncnc(N(C)CC(C)O)c1C.